The molecule has 1 aliphatic heterocycles. The Morgan fingerprint density at radius 1 is 1.42 bits per heavy atom. The summed E-state index contributed by atoms with van der Waals surface area (Å²) in [5.41, 5.74) is 0.843. The van der Waals surface area contributed by atoms with E-state index in [0.29, 0.717) is 5.56 Å². The molecule has 7 nitrogen and oxygen atoms in total. The van der Waals surface area contributed by atoms with Crippen molar-refractivity contribution in [2.45, 2.75) is 38.7 Å². The SMILES string of the molecule is CC(=O)[C@@H]1[C@H](c2cccc([N+](=O)[O-])c2)[C@H]2C(C)=NN=C2C[C@]1(C)O. The third kappa shape index (κ3) is 2.54. The Morgan fingerprint density at radius 3 is 2.75 bits per heavy atom. The molecule has 0 amide bonds. The molecule has 1 aliphatic carbocycles. The minimum atomic E-state index is -1.27. The van der Waals surface area contributed by atoms with E-state index in [1.54, 1.807) is 19.1 Å². The first-order valence-electron chi connectivity index (χ1n) is 7.80. The van der Waals surface area contributed by atoms with Crippen LogP contribution in [0.1, 0.15) is 38.7 Å². The van der Waals surface area contributed by atoms with Crippen molar-refractivity contribution in [3.63, 3.8) is 0 Å². The van der Waals surface area contributed by atoms with Crippen LogP contribution in [0.2, 0.25) is 0 Å². The zero-order valence-corrected chi connectivity index (χ0v) is 13.8. The molecular formula is C17H19N3O4. The number of rotatable bonds is 3. The van der Waals surface area contributed by atoms with E-state index in [0.717, 1.165) is 11.4 Å². The summed E-state index contributed by atoms with van der Waals surface area (Å²) in [6.45, 7) is 4.91. The van der Waals surface area contributed by atoms with Gasteiger partial charge in [-0.1, -0.05) is 12.1 Å². The van der Waals surface area contributed by atoms with Gasteiger partial charge in [-0.15, -0.1) is 0 Å². The number of nitro benzene ring substituents is 1. The molecule has 3 rings (SSSR count). The van der Waals surface area contributed by atoms with E-state index in [-0.39, 0.29) is 23.8 Å². The molecule has 4 atom stereocenters. The van der Waals surface area contributed by atoms with Gasteiger partial charge in [-0.2, -0.15) is 10.2 Å². The molecule has 1 N–H and O–H groups in total. The van der Waals surface area contributed by atoms with Crippen molar-refractivity contribution in [1.82, 2.24) is 0 Å². The molecule has 0 unspecified atom stereocenters. The molecule has 0 bridgehead atoms. The second kappa shape index (κ2) is 5.59. The first-order valence-corrected chi connectivity index (χ1v) is 7.80. The molecule has 7 heteroatoms. The molecule has 1 aromatic carbocycles. The normalized spacial score (nSPS) is 31.9. The van der Waals surface area contributed by atoms with E-state index < -0.39 is 22.4 Å². The number of hydrogen-bond acceptors (Lipinski definition) is 6. The largest absolute Gasteiger partial charge is 0.389 e. The van der Waals surface area contributed by atoms with Gasteiger partial charge in [-0.05, 0) is 26.3 Å². The van der Waals surface area contributed by atoms with Gasteiger partial charge >= 0.3 is 0 Å². The van der Waals surface area contributed by atoms with Crippen LogP contribution in [-0.2, 0) is 4.79 Å². The summed E-state index contributed by atoms with van der Waals surface area (Å²) < 4.78 is 0. The Bertz CT molecular complexity index is 782. The van der Waals surface area contributed by atoms with Crippen molar-refractivity contribution in [1.29, 1.82) is 0 Å². The lowest BCUT2D eigenvalue weighted by molar-refractivity contribution is -0.385. The van der Waals surface area contributed by atoms with Crippen molar-refractivity contribution in [3.8, 4) is 0 Å². The highest BCUT2D eigenvalue weighted by Gasteiger charge is 2.53. The van der Waals surface area contributed by atoms with Crippen LogP contribution in [0.5, 0.6) is 0 Å². The second-order valence-electron chi connectivity index (χ2n) is 6.81. The highest BCUT2D eigenvalue weighted by molar-refractivity contribution is 6.12. The fourth-order valence-corrected chi connectivity index (χ4v) is 4.10. The molecule has 1 saturated carbocycles. The van der Waals surface area contributed by atoms with Crippen LogP contribution in [0, 0.1) is 22.0 Å². The molecule has 1 fully saturated rings. The number of hydrogen-bond donors (Lipinski definition) is 1. The maximum absolute atomic E-state index is 12.3. The number of non-ortho nitro benzene ring substituents is 1. The molecule has 24 heavy (non-hydrogen) atoms. The van der Waals surface area contributed by atoms with E-state index in [4.69, 9.17) is 0 Å². The predicted octanol–water partition coefficient (Wildman–Crippen LogP) is 2.49. The number of fused-ring (bicyclic) bond motifs is 1. The highest BCUT2D eigenvalue weighted by atomic mass is 16.6. The fourth-order valence-electron chi connectivity index (χ4n) is 4.10. The number of ketones is 1. The summed E-state index contributed by atoms with van der Waals surface area (Å²) in [6.07, 6.45) is 0.272. The van der Waals surface area contributed by atoms with E-state index >= 15 is 0 Å². The molecular weight excluding hydrogens is 310 g/mol. The zero-order chi connectivity index (χ0) is 17.6. The average molecular weight is 329 g/mol. The fraction of sp³-hybridized carbons (Fsp3) is 0.471. The lowest BCUT2D eigenvalue weighted by Gasteiger charge is -2.45. The van der Waals surface area contributed by atoms with Crippen molar-refractivity contribution >= 4 is 22.9 Å². The molecule has 1 aromatic rings. The van der Waals surface area contributed by atoms with Gasteiger partial charge in [-0.25, -0.2) is 0 Å². The topological polar surface area (TPSA) is 105 Å². The standard InChI is InChI=1S/C17H19N3O4/c1-9-14-13(19-18-9)8-17(3,22)16(10(2)21)15(14)11-5-4-6-12(7-11)20(23)24/h4-7,14-16,22H,8H2,1-3H3/t14-,15+,16+,17-/m0/s1. The van der Waals surface area contributed by atoms with Gasteiger partial charge in [0.2, 0.25) is 0 Å². The van der Waals surface area contributed by atoms with Gasteiger partial charge in [-0.3, -0.25) is 14.9 Å². The van der Waals surface area contributed by atoms with Gasteiger partial charge in [0, 0.05) is 36.1 Å². The van der Waals surface area contributed by atoms with Crippen molar-refractivity contribution in [2.24, 2.45) is 22.0 Å². The Hall–Kier alpha value is -2.41. The number of nitro groups is 1. The third-order valence-corrected chi connectivity index (χ3v) is 4.98. The van der Waals surface area contributed by atoms with E-state index in [9.17, 15) is 20.0 Å². The quantitative estimate of drug-likeness (QED) is 0.679. The Balaban J connectivity index is 2.17. The number of nitrogens with zero attached hydrogens (tertiary/aromatic N) is 3. The molecule has 0 radical (unpaired) electrons. The minimum Gasteiger partial charge on any atom is -0.389 e. The third-order valence-electron chi connectivity index (χ3n) is 4.98. The van der Waals surface area contributed by atoms with Crippen LogP contribution in [-0.4, -0.2) is 32.8 Å². The summed E-state index contributed by atoms with van der Waals surface area (Å²) >= 11 is 0. The highest BCUT2D eigenvalue weighted by Crippen LogP contribution is 2.48. The predicted molar refractivity (Wildman–Crippen MR) is 89.3 cm³/mol. The van der Waals surface area contributed by atoms with Crippen molar-refractivity contribution in [2.75, 3.05) is 0 Å². The van der Waals surface area contributed by atoms with Crippen LogP contribution in [0.25, 0.3) is 0 Å². The summed E-state index contributed by atoms with van der Waals surface area (Å²) in [5, 5.41) is 30.3. The number of carbonyl (C=O) groups is 1. The van der Waals surface area contributed by atoms with Gasteiger partial charge in [0.1, 0.15) is 5.78 Å². The van der Waals surface area contributed by atoms with E-state index in [1.165, 1.54) is 19.1 Å². The average Bonchev–Trinajstić information content (AvgIpc) is 2.85. The van der Waals surface area contributed by atoms with Crippen LogP contribution < -0.4 is 0 Å². The van der Waals surface area contributed by atoms with Gasteiger partial charge in [0.25, 0.3) is 5.69 Å². The second-order valence-corrected chi connectivity index (χ2v) is 6.81. The van der Waals surface area contributed by atoms with Crippen LogP contribution in [0.4, 0.5) is 5.69 Å². The molecule has 2 aliphatic rings. The monoisotopic (exact) mass is 329 g/mol. The molecule has 0 saturated heterocycles. The lowest BCUT2D eigenvalue weighted by Crippen LogP contribution is -2.53. The Morgan fingerprint density at radius 2 is 2.12 bits per heavy atom. The molecule has 126 valence electrons. The van der Waals surface area contributed by atoms with Gasteiger partial charge < -0.3 is 5.11 Å². The Kier molecular flexibility index (Phi) is 3.83. The lowest BCUT2D eigenvalue weighted by atomic mass is 9.59. The number of carbonyl (C=O) groups excluding carboxylic acids is 1. The summed E-state index contributed by atoms with van der Waals surface area (Å²) in [7, 11) is 0. The van der Waals surface area contributed by atoms with Crippen LogP contribution >= 0.6 is 0 Å². The molecule has 1 heterocycles. The maximum Gasteiger partial charge on any atom is 0.269 e. The number of Topliss-reactive ketones (excluding diaryl/α,β-unsaturated/α-hetero) is 1. The number of benzene rings is 1. The summed E-state index contributed by atoms with van der Waals surface area (Å²) in [6, 6.07) is 6.26. The van der Waals surface area contributed by atoms with E-state index in [2.05, 4.69) is 10.2 Å². The zero-order valence-electron chi connectivity index (χ0n) is 13.8. The summed E-state index contributed by atoms with van der Waals surface area (Å²) in [5.74, 6) is -1.45. The Labute approximate surface area is 139 Å². The minimum absolute atomic E-state index is 0.0360. The van der Waals surface area contributed by atoms with Crippen molar-refractivity contribution in [3.05, 3.63) is 39.9 Å². The first kappa shape index (κ1) is 16.4. The first-order chi connectivity index (χ1) is 11.2. The van der Waals surface area contributed by atoms with Crippen LogP contribution in [0.3, 0.4) is 0 Å². The summed E-state index contributed by atoms with van der Waals surface area (Å²) in [4.78, 5) is 23.0. The van der Waals surface area contributed by atoms with Gasteiger partial charge in [0.05, 0.1) is 22.2 Å². The van der Waals surface area contributed by atoms with Crippen LogP contribution in [0.15, 0.2) is 34.5 Å². The van der Waals surface area contributed by atoms with Crippen molar-refractivity contribution < 1.29 is 14.8 Å². The molecule has 0 aromatic heterocycles. The molecule has 0 spiro atoms. The number of aliphatic hydroxyl groups is 1. The smallest absolute Gasteiger partial charge is 0.269 e. The van der Waals surface area contributed by atoms with Gasteiger partial charge in [0.15, 0.2) is 0 Å². The van der Waals surface area contributed by atoms with E-state index in [1.807, 2.05) is 6.92 Å². The maximum atomic E-state index is 12.3.